The molecule has 0 atom stereocenters. The van der Waals surface area contributed by atoms with E-state index in [0.717, 1.165) is 29.8 Å². The van der Waals surface area contributed by atoms with E-state index in [1.165, 1.54) is 0 Å². The quantitative estimate of drug-likeness (QED) is 0.781. The van der Waals surface area contributed by atoms with Gasteiger partial charge in [-0.1, -0.05) is 21.1 Å². The Bertz CT molecular complexity index is 448. The van der Waals surface area contributed by atoms with Crippen LogP contribution in [0.25, 0.3) is 0 Å². The zero-order chi connectivity index (χ0) is 11.4. The first-order valence-corrected chi connectivity index (χ1v) is 6.40. The number of alkyl halides is 1. The molecular formula is C10H14BrN5. The smallest absolute Gasteiger partial charge is 0.130 e. The van der Waals surface area contributed by atoms with E-state index in [-0.39, 0.29) is 0 Å². The fourth-order valence-corrected chi connectivity index (χ4v) is 1.96. The van der Waals surface area contributed by atoms with Crippen LogP contribution in [0.3, 0.4) is 0 Å². The summed E-state index contributed by atoms with van der Waals surface area (Å²) in [5.74, 6) is 1.01. The van der Waals surface area contributed by atoms with Gasteiger partial charge in [-0.15, -0.1) is 5.10 Å². The number of rotatable bonds is 5. The van der Waals surface area contributed by atoms with Crippen LogP contribution >= 0.6 is 15.9 Å². The van der Waals surface area contributed by atoms with Crippen LogP contribution in [0.1, 0.15) is 18.4 Å². The molecule has 0 bridgehead atoms. The highest BCUT2D eigenvalue weighted by molar-refractivity contribution is 9.09. The van der Waals surface area contributed by atoms with Crippen molar-refractivity contribution in [2.24, 2.45) is 0 Å². The maximum Gasteiger partial charge on any atom is 0.130 e. The van der Waals surface area contributed by atoms with E-state index in [2.05, 4.69) is 42.7 Å². The molecule has 0 unspecified atom stereocenters. The van der Waals surface area contributed by atoms with Gasteiger partial charge < -0.3 is 4.57 Å². The summed E-state index contributed by atoms with van der Waals surface area (Å²) in [7, 11) is 0. The molecule has 2 rings (SSSR count). The van der Waals surface area contributed by atoms with Crippen molar-refractivity contribution in [1.82, 2.24) is 24.5 Å². The lowest BCUT2D eigenvalue weighted by Crippen LogP contribution is -2.08. The maximum absolute atomic E-state index is 4.30. The third-order valence-electron chi connectivity index (χ3n) is 2.38. The van der Waals surface area contributed by atoms with Crippen molar-refractivity contribution in [1.29, 1.82) is 0 Å². The number of hydrogen-bond donors (Lipinski definition) is 0. The van der Waals surface area contributed by atoms with E-state index < -0.39 is 0 Å². The fourth-order valence-electron chi connectivity index (χ4n) is 1.55. The van der Waals surface area contributed by atoms with Crippen molar-refractivity contribution in [3.63, 3.8) is 0 Å². The van der Waals surface area contributed by atoms with Crippen LogP contribution in [0.4, 0.5) is 0 Å². The number of imidazole rings is 1. The van der Waals surface area contributed by atoms with Crippen molar-refractivity contribution in [3.8, 4) is 0 Å². The Kier molecular flexibility index (Phi) is 3.71. The van der Waals surface area contributed by atoms with Crippen LogP contribution in [0.2, 0.25) is 0 Å². The van der Waals surface area contributed by atoms with Crippen LogP contribution < -0.4 is 0 Å². The Morgan fingerprint density at radius 1 is 1.44 bits per heavy atom. The molecule has 6 heteroatoms. The zero-order valence-corrected chi connectivity index (χ0v) is 10.8. The molecule has 5 nitrogen and oxygen atoms in total. The van der Waals surface area contributed by atoms with Gasteiger partial charge in [-0.2, -0.15) is 0 Å². The number of aryl methyl sites for hydroxylation is 2. The summed E-state index contributed by atoms with van der Waals surface area (Å²) in [6.45, 7) is 3.71. The first-order chi connectivity index (χ1) is 7.83. The highest BCUT2D eigenvalue weighted by Gasteiger charge is 2.04. The maximum atomic E-state index is 4.30. The predicted octanol–water partition coefficient (Wildman–Crippen LogP) is 1.48. The molecule has 0 spiro atoms. The summed E-state index contributed by atoms with van der Waals surface area (Å²) in [6, 6.07) is 0. The number of nitrogens with zero attached hydrogens (tertiary/aromatic N) is 5. The van der Waals surface area contributed by atoms with Crippen LogP contribution in [-0.4, -0.2) is 29.9 Å². The first-order valence-electron chi connectivity index (χ1n) is 5.28. The van der Waals surface area contributed by atoms with Crippen molar-refractivity contribution >= 4 is 15.9 Å². The Hall–Kier alpha value is -1.17. The van der Waals surface area contributed by atoms with E-state index >= 15 is 0 Å². The van der Waals surface area contributed by atoms with Crippen LogP contribution in [0.5, 0.6) is 0 Å². The summed E-state index contributed by atoms with van der Waals surface area (Å²) in [5, 5.41) is 9.08. The number of hydrogen-bond acceptors (Lipinski definition) is 3. The average molecular weight is 284 g/mol. The SMILES string of the molecule is CCn1ccnc1Cn1cc(CCBr)nn1. The highest BCUT2D eigenvalue weighted by Crippen LogP contribution is 2.02. The highest BCUT2D eigenvalue weighted by atomic mass is 79.9. The van der Waals surface area contributed by atoms with E-state index in [0.29, 0.717) is 6.54 Å². The molecule has 86 valence electrons. The second kappa shape index (κ2) is 5.25. The molecular weight excluding hydrogens is 270 g/mol. The van der Waals surface area contributed by atoms with Crippen molar-refractivity contribution < 1.29 is 0 Å². The van der Waals surface area contributed by atoms with E-state index in [4.69, 9.17) is 0 Å². The van der Waals surface area contributed by atoms with Gasteiger partial charge in [0, 0.05) is 36.9 Å². The second-order valence-corrected chi connectivity index (χ2v) is 4.27. The minimum Gasteiger partial charge on any atom is -0.334 e. The molecule has 0 saturated heterocycles. The number of aromatic nitrogens is 5. The van der Waals surface area contributed by atoms with Gasteiger partial charge in [0.1, 0.15) is 12.4 Å². The summed E-state index contributed by atoms with van der Waals surface area (Å²) < 4.78 is 3.93. The molecule has 2 aromatic rings. The van der Waals surface area contributed by atoms with E-state index in [9.17, 15) is 0 Å². The summed E-state index contributed by atoms with van der Waals surface area (Å²) in [4.78, 5) is 4.30. The number of halogens is 1. The molecule has 0 aliphatic heterocycles. The molecule has 0 fully saturated rings. The monoisotopic (exact) mass is 283 g/mol. The van der Waals surface area contributed by atoms with Gasteiger partial charge in [0.05, 0.1) is 5.69 Å². The van der Waals surface area contributed by atoms with Crippen molar-refractivity contribution in [2.45, 2.75) is 26.4 Å². The first kappa shape index (κ1) is 11.3. The molecule has 0 amide bonds. The Labute approximate surface area is 103 Å². The van der Waals surface area contributed by atoms with Crippen LogP contribution in [0.15, 0.2) is 18.6 Å². The minimum absolute atomic E-state index is 0.677. The second-order valence-electron chi connectivity index (χ2n) is 3.48. The average Bonchev–Trinajstić information content (AvgIpc) is 2.89. The predicted molar refractivity (Wildman–Crippen MR) is 64.5 cm³/mol. The van der Waals surface area contributed by atoms with Crippen molar-refractivity contribution in [2.75, 3.05) is 5.33 Å². The van der Waals surface area contributed by atoms with Gasteiger partial charge in [0.2, 0.25) is 0 Å². The lowest BCUT2D eigenvalue weighted by atomic mass is 10.4. The standard InChI is InChI=1S/C10H14BrN5/c1-2-15-6-5-12-10(15)8-16-7-9(3-4-11)13-14-16/h5-7H,2-4,8H2,1H3. The van der Waals surface area contributed by atoms with Gasteiger partial charge in [0.15, 0.2) is 0 Å². The normalized spacial score (nSPS) is 10.9. The van der Waals surface area contributed by atoms with Gasteiger partial charge >= 0.3 is 0 Å². The molecule has 2 heterocycles. The Balaban J connectivity index is 2.08. The molecule has 0 saturated carbocycles. The largest absolute Gasteiger partial charge is 0.334 e. The van der Waals surface area contributed by atoms with Gasteiger partial charge in [0.25, 0.3) is 0 Å². The summed E-state index contributed by atoms with van der Waals surface area (Å²) in [5.41, 5.74) is 1.01. The topological polar surface area (TPSA) is 48.5 Å². The molecule has 0 aliphatic rings. The Morgan fingerprint density at radius 3 is 3.06 bits per heavy atom. The van der Waals surface area contributed by atoms with Crippen LogP contribution in [-0.2, 0) is 19.5 Å². The van der Waals surface area contributed by atoms with Gasteiger partial charge in [-0.3, -0.25) is 0 Å². The van der Waals surface area contributed by atoms with E-state index in [1.54, 1.807) is 0 Å². The third kappa shape index (κ3) is 2.49. The van der Waals surface area contributed by atoms with Gasteiger partial charge in [-0.25, -0.2) is 9.67 Å². The minimum atomic E-state index is 0.677. The molecule has 0 aliphatic carbocycles. The lowest BCUT2D eigenvalue weighted by molar-refractivity contribution is 0.588. The third-order valence-corrected chi connectivity index (χ3v) is 2.78. The molecule has 2 aromatic heterocycles. The van der Waals surface area contributed by atoms with Crippen LogP contribution in [0, 0.1) is 0 Å². The van der Waals surface area contributed by atoms with Crippen molar-refractivity contribution in [3.05, 3.63) is 30.1 Å². The molecule has 0 N–H and O–H groups in total. The molecule has 0 radical (unpaired) electrons. The summed E-state index contributed by atoms with van der Waals surface area (Å²) >= 11 is 3.39. The zero-order valence-electron chi connectivity index (χ0n) is 9.17. The lowest BCUT2D eigenvalue weighted by Gasteiger charge is -2.03. The Morgan fingerprint density at radius 2 is 2.31 bits per heavy atom. The fraction of sp³-hybridized carbons (Fsp3) is 0.500. The van der Waals surface area contributed by atoms with E-state index in [1.807, 2.05) is 23.3 Å². The van der Waals surface area contributed by atoms with Gasteiger partial charge in [-0.05, 0) is 6.92 Å². The summed E-state index contributed by atoms with van der Waals surface area (Å²) in [6.07, 6.45) is 6.67. The molecule has 0 aromatic carbocycles. The molecule has 16 heavy (non-hydrogen) atoms.